The largest absolute Gasteiger partial charge is 0.481 e. The molecule has 0 saturated carbocycles. The molecule has 8 N–H and O–H groups in total. The number of nitrogens with zero attached hydrogens (tertiary/aromatic N) is 1. The van der Waals surface area contributed by atoms with Crippen molar-refractivity contribution in [3.8, 4) is 0 Å². The highest BCUT2D eigenvalue weighted by Gasteiger charge is 2.44. The van der Waals surface area contributed by atoms with E-state index < -0.39 is 79.6 Å². The third-order valence-electron chi connectivity index (χ3n) is 7.86. The third-order valence-corrected chi connectivity index (χ3v) is 7.86. The predicted octanol–water partition coefficient (Wildman–Crippen LogP) is -1.70. The highest BCUT2D eigenvalue weighted by Crippen LogP contribution is 2.25. The molecule has 0 radical (unpaired) electrons. The van der Waals surface area contributed by atoms with Crippen molar-refractivity contribution in [2.24, 2.45) is 0 Å². The lowest BCUT2D eigenvalue weighted by Gasteiger charge is -2.41. The second-order valence-corrected chi connectivity index (χ2v) is 11.4. The lowest BCUT2D eigenvalue weighted by Crippen LogP contribution is -2.59. The van der Waals surface area contributed by atoms with Crippen molar-refractivity contribution in [1.29, 1.82) is 0 Å². The molecule has 0 aliphatic carbocycles. The lowest BCUT2D eigenvalue weighted by atomic mass is 10.00. The number of aliphatic hydroxyl groups is 6. The summed E-state index contributed by atoms with van der Waals surface area (Å²) in [6, 6.07) is 0. The van der Waals surface area contributed by atoms with Crippen molar-refractivity contribution >= 4 is 11.9 Å². The molecule has 0 bridgehead atoms. The number of unbranched alkanes of at least 4 members (excludes halogenated alkanes) is 2. The van der Waals surface area contributed by atoms with E-state index in [1.165, 1.54) is 0 Å². The molecule has 0 spiro atoms. The normalized spacial score (nSPS) is 34.6. The van der Waals surface area contributed by atoms with Gasteiger partial charge in [-0.3, -0.25) is 14.5 Å². The maximum absolute atomic E-state index is 12.9. The van der Waals surface area contributed by atoms with Crippen molar-refractivity contribution in [2.45, 2.75) is 140 Å². The highest BCUT2D eigenvalue weighted by atomic mass is 16.7. The Hall–Kier alpha value is -1.50. The molecule has 252 valence electrons. The maximum Gasteiger partial charge on any atom is 0.303 e. The number of carboxylic acids is 1. The molecular formula is C28H52N2O13. The monoisotopic (exact) mass is 624 g/mol. The van der Waals surface area contributed by atoms with Crippen LogP contribution in [0.2, 0.25) is 0 Å². The van der Waals surface area contributed by atoms with Crippen LogP contribution in [0, 0.1) is 0 Å². The zero-order valence-corrected chi connectivity index (χ0v) is 25.5. The van der Waals surface area contributed by atoms with Gasteiger partial charge >= 0.3 is 5.97 Å². The first-order valence-electron chi connectivity index (χ1n) is 15.2. The molecule has 2 aliphatic heterocycles. The number of carbonyl (C=O) groups is 2. The zero-order chi connectivity index (χ0) is 32.3. The molecule has 2 aliphatic rings. The van der Waals surface area contributed by atoms with E-state index >= 15 is 0 Å². The molecule has 2 fully saturated rings. The van der Waals surface area contributed by atoms with Crippen molar-refractivity contribution in [3.63, 3.8) is 0 Å². The van der Waals surface area contributed by atoms with Crippen molar-refractivity contribution in [1.82, 2.24) is 10.2 Å². The Morgan fingerprint density at radius 2 is 1.21 bits per heavy atom. The fraction of sp³-hybridized carbons (Fsp3) is 0.929. The van der Waals surface area contributed by atoms with Crippen molar-refractivity contribution < 1.29 is 64.3 Å². The summed E-state index contributed by atoms with van der Waals surface area (Å²) in [6.45, 7) is 7.48. The number of aliphatic carboxylic acids is 1. The van der Waals surface area contributed by atoms with Gasteiger partial charge in [-0.2, -0.15) is 0 Å². The van der Waals surface area contributed by atoms with E-state index in [0.717, 1.165) is 0 Å². The van der Waals surface area contributed by atoms with Crippen LogP contribution in [0.25, 0.3) is 0 Å². The maximum atomic E-state index is 12.9. The van der Waals surface area contributed by atoms with Gasteiger partial charge in [-0.05, 0) is 39.5 Å². The van der Waals surface area contributed by atoms with Gasteiger partial charge in [0.25, 0.3) is 0 Å². The van der Waals surface area contributed by atoms with Gasteiger partial charge in [0.2, 0.25) is 5.91 Å². The molecular weight excluding hydrogens is 572 g/mol. The number of aliphatic hydroxyl groups excluding tert-OH is 6. The minimum Gasteiger partial charge on any atom is -0.481 e. The van der Waals surface area contributed by atoms with Gasteiger partial charge in [0.15, 0.2) is 12.6 Å². The molecule has 2 heterocycles. The van der Waals surface area contributed by atoms with Crippen LogP contribution in [0.3, 0.4) is 0 Å². The Balaban J connectivity index is 2.08. The Bertz CT molecular complexity index is 792. The van der Waals surface area contributed by atoms with Crippen LogP contribution in [0.1, 0.15) is 66.2 Å². The molecule has 43 heavy (non-hydrogen) atoms. The zero-order valence-electron chi connectivity index (χ0n) is 25.5. The molecule has 2 rings (SSSR count). The highest BCUT2D eigenvalue weighted by molar-refractivity contribution is 5.78. The number of amides is 1. The average molecular weight is 625 g/mol. The predicted molar refractivity (Wildman–Crippen MR) is 151 cm³/mol. The number of carbonyl (C=O) groups excluding carboxylic acids is 1. The minimum atomic E-state index is -1.49. The van der Waals surface area contributed by atoms with Gasteiger partial charge in [-0.25, -0.2) is 0 Å². The summed E-state index contributed by atoms with van der Waals surface area (Å²) in [5, 5.41) is 72.8. The first-order valence-corrected chi connectivity index (χ1v) is 15.2. The fourth-order valence-electron chi connectivity index (χ4n) is 5.01. The molecule has 2 unspecified atom stereocenters. The molecule has 15 nitrogen and oxygen atoms in total. The summed E-state index contributed by atoms with van der Waals surface area (Å²) < 4.78 is 23.2. The Morgan fingerprint density at radius 3 is 1.63 bits per heavy atom. The number of ether oxygens (including phenoxy) is 4. The van der Waals surface area contributed by atoms with Crippen molar-refractivity contribution in [2.75, 3.05) is 26.2 Å². The van der Waals surface area contributed by atoms with Crippen LogP contribution >= 0.6 is 0 Å². The van der Waals surface area contributed by atoms with Gasteiger partial charge in [0.05, 0.1) is 31.0 Å². The van der Waals surface area contributed by atoms with Crippen molar-refractivity contribution in [3.05, 3.63) is 0 Å². The Kier molecular flexibility index (Phi) is 16.2. The third kappa shape index (κ3) is 11.7. The summed E-state index contributed by atoms with van der Waals surface area (Å²) in [6.07, 6.45) is -10.8. The SMILES string of the molecule is CCC(CN(CC(=O)NCCCCCC(=O)O)CC(CC)O[C@@H]1O[C@@H](C)[C@@H](O)[C@@H](O)[C@@H]1O)O[C@@H]1O[C@@H](C)[C@@H](O)[C@@H](O)[C@@H]1O. The van der Waals surface area contributed by atoms with Gasteiger partial charge in [0.1, 0.15) is 36.6 Å². The van der Waals surface area contributed by atoms with E-state index in [-0.39, 0.29) is 32.0 Å². The molecule has 0 aromatic heterocycles. The van der Waals surface area contributed by atoms with Gasteiger partial charge in [-0.1, -0.05) is 20.3 Å². The number of carboxylic acid groups (broad SMARTS) is 1. The molecule has 0 aromatic rings. The standard InChI is InChI=1S/C28H52N2O13/c1-5-17(42-27-25(38)23(36)21(34)15(3)40-27)12-30(14-19(31)29-11-9-7-8-10-20(32)33)13-18(6-2)43-28-26(39)24(37)22(35)16(4)41-28/h15-18,21-28,34-39H,5-14H2,1-4H3,(H,29,31)(H,32,33)/t15-,16-,17?,18?,21+,22+,23+,24+,25-,26-,27-,28-/m0/s1. The lowest BCUT2D eigenvalue weighted by molar-refractivity contribution is -0.308. The smallest absolute Gasteiger partial charge is 0.303 e. The summed E-state index contributed by atoms with van der Waals surface area (Å²) in [7, 11) is 0. The summed E-state index contributed by atoms with van der Waals surface area (Å²) >= 11 is 0. The molecule has 0 aromatic carbocycles. The number of rotatable bonds is 18. The van der Waals surface area contributed by atoms with E-state index in [2.05, 4.69) is 5.32 Å². The van der Waals surface area contributed by atoms with Crippen LogP contribution in [-0.4, -0.2) is 152 Å². The average Bonchev–Trinajstić information content (AvgIpc) is 2.96. The quantitative estimate of drug-likeness (QED) is 0.0795. The molecule has 15 heteroatoms. The molecule has 2 saturated heterocycles. The van der Waals surface area contributed by atoms with Gasteiger partial charge in [-0.15, -0.1) is 0 Å². The number of nitrogens with one attached hydrogen (secondary N) is 1. The number of hydrogen-bond acceptors (Lipinski definition) is 13. The number of hydrogen-bond donors (Lipinski definition) is 8. The second kappa shape index (κ2) is 18.5. The van der Waals surface area contributed by atoms with E-state index in [4.69, 9.17) is 24.1 Å². The van der Waals surface area contributed by atoms with Gasteiger partial charge < -0.3 is 60.0 Å². The first kappa shape index (κ1) is 37.7. The van der Waals surface area contributed by atoms with Crippen LogP contribution in [0.5, 0.6) is 0 Å². The topological polar surface area (TPSA) is 228 Å². The van der Waals surface area contributed by atoms with Crippen LogP contribution in [0.15, 0.2) is 0 Å². The van der Waals surface area contributed by atoms with Crippen LogP contribution < -0.4 is 5.32 Å². The van der Waals surface area contributed by atoms with Crippen LogP contribution in [-0.2, 0) is 28.5 Å². The van der Waals surface area contributed by atoms with E-state index in [1.54, 1.807) is 18.7 Å². The Labute approximate surface area is 252 Å². The first-order chi connectivity index (χ1) is 20.3. The van der Waals surface area contributed by atoms with E-state index in [9.17, 15) is 40.2 Å². The van der Waals surface area contributed by atoms with E-state index in [1.807, 2.05) is 13.8 Å². The van der Waals surface area contributed by atoms with E-state index in [0.29, 0.717) is 38.6 Å². The fourth-order valence-corrected chi connectivity index (χ4v) is 5.01. The Morgan fingerprint density at radius 1 is 0.744 bits per heavy atom. The van der Waals surface area contributed by atoms with Gasteiger partial charge in [0, 0.05) is 26.1 Å². The van der Waals surface area contributed by atoms with Crippen LogP contribution in [0.4, 0.5) is 0 Å². The molecule has 1 amide bonds. The second-order valence-electron chi connectivity index (χ2n) is 11.4. The molecule has 12 atom stereocenters. The summed E-state index contributed by atoms with van der Waals surface area (Å²) in [5.74, 6) is -1.15. The minimum absolute atomic E-state index is 0.0630. The summed E-state index contributed by atoms with van der Waals surface area (Å²) in [5.41, 5.74) is 0. The summed E-state index contributed by atoms with van der Waals surface area (Å²) in [4.78, 5) is 25.3.